The zero-order valence-electron chi connectivity index (χ0n) is 14.7. The first kappa shape index (κ1) is 19.8. The van der Waals surface area contributed by atoms with E-state index >= 15 is 0 Å². The number of nitrogens with zero attached hydrogens (tertiary/aromatic N) is 3. The minimum Gasteiger partial charge on any atom is -0.411 e. The SMILES string of the molecule is Cc1ccc(S(=O)(=O)/C=C/CSc2nnc(-c3ccc([N+](=O)[O-])cc3)o2)cc1. The van der Waals surface area contributed by atoms with Crippen molar-refractivity contribution in [3.05, 3.63) is 75.7 Å². The summed E-state index contributed by atoms with van der Waals surface area (Å²) < 4.78 is 29.9. The Morgan fingerprint density at radius 1 is 1.11 bits per heavy atom. The van der Waals surface area contributed by atoms with Gasteiger partial charge in [0.25, 0.3) is 10.9 Å². The van der Waals surface area contributed by atoms with Crippen molar-refractivity contribution in [2.45, 2.75) is 17.0 Å². The van der Waals surface area contributed by atoms with Gasteiger partial charge in [-0.3, -0.25) is 10.1 Å². The van der Waals surface area contributed by atoms with Gasteiger partial charge in [0.2, 0.25) is 5.89 Å². The molecule has 0 saturated heterocycles. The van der Waals surface area contributed by atoms with Gasteiger partial charge in [-0.1, -0.05) is 35.5 Å². The molecule has 0 spiro atoms. The quantitative estimate of drug-likeness (QED) is 0.321. The molecule has 0 unspecified atom stereocenters. The second kappa shape index (κ2) is 8.36. The van der Waals surface area contributed by atoms with Gasteiger partial charge in [-0.05, 0) is 31.2 Å². The number of hydrogen-bond acceptors (Lipinski definition) is 8. The first-order valence-corrected chi connectivity index (χ1v) is 10.6. The Morgan fingerprint density at radius 3 is 2.43 bits per heavy atom. The Morgan fingerprint density at radius 2 is 1.79 bits per heavy atom. The van der Waals surface area contributed by atoms with Crippen molar-refractivity contribution >= 4 is 27.3 Å². The van der Waals surface area contributed by atoms with E-state index in [4.69, 9.17) is 4.42 Å². The van der Waals surface area contributed by atoms with E-state index < -0.39 is 14.8 Å². The molecule has 1 heterocycles. The molecular weight excluding hydrogens is 402 g/mol. The summed E-state index contributed by atoms with van der Waals surface area (Å²) in [5.74, 6) is 0.557. The average molecular weight is 417 g/mol. The van der Waals surface area contributed by atoms with Gasteiger partial charge in [0, 0.05) is 28.9 Å². The lowest BCUT2D eigenvalue weighted by molar-refractivity contribution is -0.384. The lowest BCUT2D eigenvalue weighted by Crippen LogP contribution is -1.96. The van der Waals surface area contributed by atoms with E-state index in [9.17, 15) is 18.5 Å². The number of sulfone groups is 1. The number of hydrogen-bond donors (Lipinski definition) is 0. The van der Waals surface area contributed by atoms with Gasteiger partial charge in [-0.15, -0.1) is 10.2 Å². The zero-order chi connectivity index (χ0) is 20.1. The van der Waals surface area contributed by atoms with Crippen molar-refractivity contribution in [2.75, 3.05) is 5.75 Å². The molecule has 0 aliphatic carbocycles. The van der Waals surface area contributed by atoms with Crippen molar-refractivity contribution in [2.24, 2.45) is 0 Å². The molecule has 0 saturated carbocycles. The molecule has 0 aliphatic heterocycles. The van der Waals surface area contributed by atoms with E-state index in [1.165, 1.54) is 42.1 Å². The van der Waals surface area contributed by atoms with Gasteiger partial charge in [-0.25, -0.2) is 8.42 Å². The lowest BCUT2D eigenvalue weighted by atomic mass is 10.2. The van der Waals surface area contributed by atoms with Crippen LogP contribution in [0.2, 0.25) is 0 Å². The molecule has 144 valence electrons. The largest absolute Gasteiger partial charge is 0.411 e. The van der Waals surface area contributed by atoms with E-state index in [2.05, 4.69) is 10.2 Å². The van der Waals surface area contributed by atoms with Crippen LogP contribution in [0.3, 0.4) is 0 Å². The second-order valence-electron chi connectivity index (χ2n) is 5.72. The molecule has 0 amide bonds. The van der Waals surface area contributed by atoms with Crippen LogP contribution in [-0.2, 0) is 9.84 Å². The number of aromatic nitrogens is 2. The fraction of sp³-hybridized carbons (Fsp3) is 0.111. The average Bonchev–Trinajstić information content (AvgIpc) is 3.15. The molecular formula is C18H15N3O5S2. The number of nitro benzene ring substituents is 1. The summed E-state index contributed by atoms with van der Waals surface area (Å²) in [7, 11) is -3.50. The minimum atomic E-state index is -3.50. The first-order valence-electron chi connectivity index (χ1n) is 8.04. The van der Waals surface area contributed by atoms with E-state index in [1.54, 1.807) is 24.3 Å². The van der Waals surface area contributed by atoms with Crippen molar-refractivity contribution < 1.29 is 17.8 Å². The highest BCUT2D eigenvalue weighted by atomic mass is 32.2. The maximum atomic E-state index is 12.2. The summed E-state index contributed by atoms with van der Waals surface area (Å²) >= 11 is 1.18. The highest BCUT2D eigenvalue weighted by molar-refractivity contribution is 7.99. The molecule has 0 aliphatic rings. The Labute approximate surface area is 165 Å². The van der Waals surface area contributed by atoms with Crippen LogP contribution < -0.4 is 0 Å². The van der Waals surface area contributed by atoms with Gasteiger partial charge < -0.3 is 4.42 Å². The Kier molecular flexibility index (Phi) is 5.90. The Hall–Kier alpha value is -2.98. The normalized spacial score (nSPS) is 11.8. The maximum absolute atomic E-state index is 12.2. The summed E-state index contributed by atoms with van der Waals surface area (Å²) in [5, 5.41) is 19.9. The number of aryl methyl sites for hydroxylation is 1. The van der Waals surface area contributed by atoms with Crippen molar-refractivity contribution in [1.82, 2.24) is 10.2 Å². The molecule has 3 rings (SSSR count). The molecule has 0 fully saturated rings. The highest BCUT2D eigenvalue weighted by Gasteiger charge is 2.12. The van der Waals surface area contributed by atoms with Crippen LogP contribution in [0.25, 0.3) is 11.5 Å². The summed E-state index contributed by atoms with van der Waals surface area (Å²) in [6.07, 6.45) is 1.51. The van der Waals surface area contributed by atoms with E-state index in [0.29, 0.717) is 11.3 Å². The predicted octanol–water partition coefficient (Wildman–Crippen LogP) is 4.03. The molecule has 10 heteroatoms. The van der Waals surface area contributed by atoms with Crippen LogP contribution in [0.5, 0.6) is 0 Å². The zero-order valence-corrected chi connectivity index (χ0v) is 16.3. The van der Waals surface area contributed by atoms with Crippen LogP contribution in [0.15, 0.2) is 74.6 Å². The molecule has 0 atom stereocenters. The van der Waals surface area contributed by atoms with Crippen molar-refractivity contribution in [1.29, 1.82) is 0 Å². The molecule has 28 heavy (non-hydrogen) atoms. The molecule has 8 nitrogen and oxygen atoms in total. The lowest BCUT2D eigenvalue weighted by Gasteiger charge is -1.99. The van der Waals surface area contributed by atoms with Gasteiger partial charge in [0.15, 0.2) is 9.84 Å². The number of benzene rings is 2. The summed E-state index contributed by atoms with van der Waals surface area (Å²) in [6.45, 7) is 1.89. The molecule has 0 radical (unpaired) electrons. The van der Waals surface area contributed by atoms with Gasteiger partial charge in [0.1, 0.15) is 0 Å². The number of rotatable bonds is 7. The van der Waals surface area contributed by atoms with Crippen molar-refractivity contribution in [3.8, 4) is 11.5 Å². The van der Waals surface area contributed by atoms with Gasteiger partial charge in [0.05, 0.1) is 9.82 Å². The predicted molar refractivity (Wildman–Crippen MR) is 105 cm³/mol. The van der Waals surface area contributed by atoms with E-state index in [0.717, 1.165) is 11.0 Å². The number of non-ortho nitro benzene ring substituents is 1. The molecule has 2 aromatic carbocycles. The van der Waals surface area contributed by atoms with Crippen LogP contribution in [0.4, 0.5) is 5.69 Å². The topological polar surface area (TPSA) is 116 Å². The summed E-state index contributed by atoms with van der Waals surface area (Å²) in [4.78, 5) is 10.4. The maximum Gasteiger partial charge on any atom is 0.277 e. The standard InChI is InChI=1S/C18H15N3O5S2/c1-13-3-9-16(10-4-13)28(24,25)12-2-11-27-18-20-19-17(26-18)14-5-7-15(8-6-14)21(22)23/h2-10,12H,11H2,1H3/b12-2+. The molecule has 0 bridgehead atoms. The number of thioether (sulfide) groups is 1. The van der Waals surface area contributed by atoms with Gasteiger partial charge in [-0.2, -0.15) is 0 Å². The van der Waals surface area contributed by atoms with Crippen LogP contribution in [0, 0.1) is 17.0 Å². The fourth-order valence-electron chi connectivity index (χ4n) is 2.20. The second-order valence-corrected chi connectivity index (χ2v) is 8.52. The minimum absolute atomic E-state index is 0.0298. The first-order chi connectivity index (χ1) is 13.3. The third-order valence-electron chi connectivity index (χ3n) is 3.66. The summed E-state index contributed by atoms with van der Waals surface area (Å²) in [5.41, 5.74) is 1.51. The molecule has 1 aromatic heterocycles. The Bertz CT molecular complexity index is 1100. The van der Waals surface area contributed by atoms with Crippen LogP contribution in [0.1, 0.15) is 5.56 Å². The molecule has 3 aromatic rings. The van der Waals surface area contributed by atoms with Crippen molar-refractivity contribution in [3.63, 3.8) is 0 Å². The Balaban J connectivity index is 1.60. The molecule has 0 N–H and O–H groups in total. The van der Waals surface area contributed by atoms with E-state index in [-0.39, 0.29) is 21.7 Å². The highest BCUT2D eigenvalue weighted by Crippen LogP contribution is 2.25. The third kappa shape index (κ3) is 4.84. The van der Waals surface area contributed by atoms with Gasteiger partial charge >= 0.3 is 0 Å². The van der Waals surface area contributed by atoms with E-state index in [1.807, 2.05) is 6.92 Å². The summed E-state index contributed by atoms with van der Waals surface area (Å²) in [6, 6.07) is 12.4. The monoisotopic (exact) mass is 417 g/mol. The smallest absolute Gasteiger partial charge is 0.277 e. The number of nitro groups is 1. The third-order valence-corrected chi connectivity index (χ3v) is 5.91. The fourth-order valence-corrected chi connectivity index (χ4v) is 3.92. The van der Waals surface area contributed by atoms with Crippen LogP contribution in [-0.4, -0.2) is 29.3 Å². The van der Waals surface area contributed by atoms with Crippen LogP contribution >= 0.6 is 11.8 Å².